The van der Waals surface area contributed by atoms with Gasteiger partial charge < -0.3 is 24.7 Å². The van der Waals surface area contributed by atoms with E-state index >= 15 is 0 Å². The van der Waals surface area contributed by atoms with Crippen LogP contribution in [0, 0.1) is 5.82 Å². The minimum Gasteiger partial charge on any atom is -0.454 e. The molecule has 0 spiro atoms. The third-order valence-corrected chi connectivity index (χ3v) is 4.52. The number of fused-ring (bicyclic) bond motifs is 1. The quantitative estimate of drug-likeness (QED) is 0.673. The van der Waals surface area contributed by atoms with Gasteiger partial charge in [0, 0.05) is 24.5 Å². The number of rotatable bonds is 4. The van der Waals surface area contributed by atoms with E-state index in [1.54, 1.807) is 31.4 Å². The summed E-state index contributed by atoms with van der Waals surface area (Å²) in [5.41, 5.74) is 0.858. The first-order valence-electron chi connectivity index (χ1n) is 8.54. The Bertz CT molecular complexity index is 1130. The van der Waals surface area contributed by atoms with Crippen LogP contribution >= 0.6 is 11.6 Å². The third kappa shape index (κ3) is 3.88. The van der Waals surface area contributed by atoms with E-state index in [-0.39, 0.29) is 18.2 Å². The zero-order chi connectivity index (χ0) is 20.5. The zero-order valence-electron chi connectivity index (χ0n) is 15.2. The lowest BCUT2D eigenvalue weighted by molar-refractivity contribution is 0.101. The molecule has 0 saturated heterocycles. The highest BCUT2D eigenvalue weighted by Gasteiger charge is 2.18. The van der Waals surface area contributed by atoms with Gasteiger partial charge in [-0.3, -0.25) is 9.59 Å². The SMILES string of the molecule is Cn1cc(Cl)cc1C(=O)Nc1cc(NC(=O)c2ccc3c(c2)OCO3)ccc1F. The van der Waals surface area contributed by atoms with Crippen LogP contribution in [0.5, 0.6) is 11.5 Å². The van der Waals surface area contributed by atoms with Gasteiger partial charge >= 0.3 is 0 Å². The number of aryl methyl sites for hydroxylation is 1. The number of hydrogen-bond acceptors (Lipinski definition) is 4. The second kappa shape index (κ2) is 7.48. The molecule has 9 heteroatoms. The van der Waals surface area contributed by atoms with Crippen LogP contribution in [0.2, 0.25) is 5.02 Å². The number of amides is 2. The van der Waals surface area contributed by atoms with Crippen LogP contribution < -0.4 is 20.1 Å². The first-order chi connectivity index (χ1) is 13.9. The van der Waals surface area contributed by atoms with E-state index in [2.05, 4.69) is 10.6 Å². The van der Waals surface area contributed by atoms with Crippen molar-refractivity contribution in [1.82, 2.24) is 4.57 Å². The summed E-state index contributed by atoms with van der Waals surface area (Å²) in [7, 11) is 1.65. The Morgan fingerprint density at radius 2 is 1.83 bits per heavy atom. The van der Waals surface area contributed by atoms with E-state index < -0.39 is 17.6 Å². The van der Waals surface area contributed by atoms with Gasteiger partial charge in [-0.15, -0.1) is 0 Å². The maximum absolute atomic E-state index is 14.2. The fraction of sp³-hybridized carbons (Fsp3) is 0.100. The highest BCUT2D eigenvalue weighted by atomic mass is 35.5. The summed E-state index contributed by atoms with van der Waals surface area (Å²) in [6.45, 7) is 0.105. The minimum absolute atomic E-state index is 0.0733. The Morgan fingerprint density at radius 3 is 2.59 bits per heavy atom. The number of carbonyl (C=O) groups excluding carboxylic acids is 2. The van der Waals surface area contributed by atoms with Gasteiger partial charge in [0.05, 0.1) is 10.7 Å². The molecule has 2 heterocycles. The molecule has 29 heavy (non-hydrogen) atoms. The molecule has 0 atom stereocenters. The fourth-order valence-electron chi connectivity index (χ4n) is 2.88. The Hall–Kier alpha value is -3.52. The molecule has 2 aromatic carbocycles. The number of nitrogens with zero attached hydrogens (tertiary/aromatic N) is 1. The van der Waals surface area contributed by atoms with Crippen molar-refractivity contribution in [2.24, 2.45) is 7.05 Å². The van der Waals surface area contributed by atoms with Crippen LogP contribution in [-0.4, -0.2) is 23.2 Å². The lowest BCUT2D eigenvalue weighted by atomic mass is 10.1. The third-order valence-electron chi connectivity index (χ3n) is 4.31. The molecule has 2 N–H and O–H groups in total. The number of benzene rings is 2. The van der Waals surface area contributed by atoms with E-state index in [0.717, 1.165) is 6.07 Å². The molecular weight excluding hydrogens is 401 g/mol. The van der Waals surface area contributed by atoms with Crippen molar-refractivity contribution in [3.63, 3.8) is 0 Å². The van der Waals surface area contributed by atoms with Crippen molar-refractivity contribution in [3.05, 3.63) is 70.8 Å². The highest BCUT2D eigenvalue weighted by molar-refractivity contribution is 6.31. The number of aromatic nitrogens is 1. The summed E-state index contributed by atoms with van der Waals surface area (Å²) in [6, 6.07) is 10.1. The van der Waals surface area contributed by atoms with Crippen LogP contribution in [0.25, 0.3) is 0 Å². The van der Waals surface area contributed by atoms with Crippen LogP contribution in [0.4, 0.5) is 15.8 Å². The van der Waals surface area contributed by atoms with Gasteiger partial charge in [-0.2, -0.15) is 0 Å². The monoisotopic (exact) mass is 415 g/mol. The van der Waals surface area contributed by atoms with Gasteiger partial charge in [-0.05, 0) is 42.5 Å². The maximum Gasteiger partial charge on any atom is 0.272 e. The average Bonchev–Trinajstić information content (AvgIpc) is 3.29. The highest BCUT2D eigenvalue weighted by Crippen LogP contribution is 2.32. The van der Waals surface area contributed by atoms with Crippen LogP contribution in [0.3, 0.4) is 0 Å². The van der Waals surface area contributed by atoms with E-state index in [9.17, 15) is 14.0 Å². The molecule has 7 nitrogen and oxygen atoms in total. The number of nitrogens with one attached hydrogen (secondary N) is 2. The molecule has 1 aliphatic heterocycles. The average molecular weight is 416 g/mol. The predicted molar refractivity (Wildman–Crippen MR) is 105 cm³/mol. The molecule has 148 valence electrons. The number of carbonyl (C=O) groups is 2. The van der Waals surface area contributed by atoms with Crippen LogP contribution in [0.1, 0.15) is 20.8 Å². The topological polar surface area (TPSA) is 81.6 Å². The standard InChI is InChI=1S/C20H15ClFN3O4/c1-25-9-12(21)7-16(25)20(27)24-15-8-13(3-4-14(15)22)23-19(26)11-2-5-17-18(6-11)29-10-28-17/h2-9H,10H2,1H3,(H,23,26)(H,24,27). The summed E-state index contributed by atoms with van der Waals surface area (Å²) in [5.74, 6) is -0.543. The Balaban J connectivity index is 1.51. The van der Waals surface area contributed by atoms with Gasteiger partial charge in [0.2, 0.25) is 6.79 Å². The smallest absolute Gasteiger partial charge is 0.272 e. The number of halogens is 2. The molecule has 0 radical (unpaired) electrons. The van der Waals surface area contributed by atoms with Gasteiger partial charge in [-0.1, -0.05) is 11.6 Å². The largest absolute Gasteiger partial charge is 0.454 e. The van der Waals surface area contributed by atoms with Crippen molar-refractivity contribution >= 4 is 34.8 Å². The first-order valence-corrected chi connectivity index (χ1v) is 8.92. The van der Waals surface area contributed by atoms with Gasteiger partial charge in [0.25, 0.3) is 11.8 Å². The van der Waals surface area contributed by atoms with Crippen molar-refractivity contribution in [3.8, 4) is 11.5 Å². The molecule has 4 rings (SSSR count). The molecule has 0 saturated carbocycles. The summed E-state index contributed by atoms with van der Waals surface area (Å²) in [4.78, 5) is 24.9. The van der Waals surface area contributed by atoms with E-state index in [1.807, 2.05) is 0 Å². The molecule has 1 aliphatic rings. The van der Waals surface area contributed by atoms with Crippen molar-refractivity contribution in [2.45, 2.75) is 0 Å². The van der Waals surface area contributed by atoms with Crippen LogP contribution in [0.15, 0.2) is 48.7 Å². The number of ether oxygens (including phenoxy) is 2. The van der Waals surface area contributed by atoms with Crippen molar-refractivity contribution < 1.29 is 23.5 Å². The maximum atomic E-state index is 14.2. The molecule has 0 fully saturated rings. The first kappa shape index (κ1) is 18.8. The second-order valence-electron chi connectivity index (χ2n) is 6.33. The summed E-state index contributed by atoms with van der Waals surface area (Å²) in [6.07, 6.45) is 1.56. The fourth-order valence-corrected chi connectivity index (χ4v) is 3.13. The summed E-state index contributed by atoms with van der Waals surface area (Å²) < 4.78 is 26.2. The van der Waals surface area contributed by atoms with Crippen molar-refractivity contribution in [2.75, 3.05) is 17.4 Å². The van der Waals surface area contributed by atoms with Crippen LogP contribution in [-0.2, 0) is 7.05 Å². The summed E-state index contributed by atoms with van der Waals surface area (Å²) >= 11 is 5.88. The normalized spacial score (nSPS) is 12.0. The van der Waals surface area contributed by atoms with E-state index in [0.29, 0.717) is 27.8 Å². The van der Waals surface area contributed by atoms with Gasteiger partial charge in [0.15, 0.2) is 11.5 Å². The Morgan fingerprint density at radius 1 is 1.03 bits per heavy atom. The Labute approximate surface area is 170 Å². The zero-order valence-corrected chi connectivity index (χ0v) is 15.9. The molecule has 3 aromatic rings. The van der Waals surface area contributed by atoms with Crippen molar-refractivity contribution in [1.29, 1.82) is 0 Å². The molecule has 0 aliphatic carbocycles. The number of hydrogen-bond donors (Lipinski definition) is 2. The molecule has 0 unspecified atom stereocenters. The lowest BCUT2D eigenvalue weighted by Gasteiger charge is -2.11. The van der Waals surface area contributed by atoms with E-state index in [1.165, 1.54) is 22.8 Å². The number of anilines is 2. The molecule has 1 aromatic heterocycles. The molecule has 2 amide bonds. The summed E-state index contributed by atoms with van der Waals surface area (Å²) in [5, 5.41) is 5.54. The molecular formula is C20H15ClFN3O4. The lowest BCUT2D eigenvalue weighted by Crippen LogP contribution is -2.17. The second-order valence-corrected chi connectivity index (χ2v) is 6.76. The van der Waals surface area contributed by atoms with Gasteiger partial charge in [0.1, 0.15) is 11.5 Å². The predicted octanol–water partition coefficient (Wildman–Crippen LogP) is 4.05. The molecule has 0 bridgehead atoms. The van der Waals surface area contributed by atoms with Gasteiger partial charge in [-0.25, -0.2) is 4.39 Å². The van der Waals surface area contributed by atoms with E-state index in [4.69, 9.17) is 21.1 Å². The Kier molecular flexibility index (Phi) is 4.85. The minimum atomic E-state index is -0.639.